The zero-order valence-corrected chi connectivity index (χ0v) is 14.0. The van der Waals surface area contributed by atoms with E-state index in [1.807, 2.05) is 18.2 Å². The number of rotatable bonds is 11. The molecule has 0 saturated heterocycles. The van der Waals surface area contributed by atoms with E-state index in [9.17, 15) is 0 Å². The lowest BCUT2D eigenvalue weighted by Crippen LogP contribution is -1.98. The monoisotopic (exact) mass is 340 g/mol. The van der Waals surface area contributed by atoms with Crippen molar-refractivity contribution in [3.8, 4) is 11.5 Å². The van der Waals surface area contributed by atoms with Gasteiger partial charge in [0.15, 0.2) is 0 Å². The molecule has 112 valence electrons. The Bertz CT molecular complexity index is 391. The Balaban J connectivity index is 2.23. The van der Waals surface area contributed by atoms with E-state index in [1.54, 1.807) is 6.08 Å². The maximum atomic E-state index is 5.75. The fourth-order valence-electron chi connectivity index (χ4n) is 1.91. The third-order valence-corrected chi connectivity index (χ3v) is 3.65. The first-order chi connectivity index (χ1) is 9.77. The molecule has 1 aromatic carbocycles. The molecule has 0 fully saturated rings. The first-order valence-electron chi connectivity index (χ1n) is 7.44. The van der Waals surface area contributed by atoms with Gasteiger partial charge in [-0.1, -0.05) is 51.7 Å². The van der Waals surface area contributed by atoms with E-state index >= 15 is 0 Å². The van der Waals surface area contributed by atoms with E-state index in [2.05, 4.69) is 29.4 Å². The summed E-state index contributed by atoms with van der Waals surface area (Å²) in [4.78, 5) is 0. The highest BCUT2D eigenvalue weighted by atomic mass is 79.9. The molecule has 0 aromatic heterocycles. The zero-order valence-electron chi connectivity index (χ0n) is 12.4. The van der Waals surface area contributed by atoms with Crippen molar-refractivity contribution >= 4 is 15.9 Å². The van der Waals surface area contributed by atoms with Crippen LogP contribution in [-0.4, -0.2) is 13.2 Å². The summed E-state index contributed by atoms with van der Waals surface area (Å²) in [5.41, 5.74) is 0. The number of hydrogen-bond acceptors (Lipinski definition) is 2. The van der Waals surface area contributed by atoms with E-state index in [1.165, 1.54) is 32.1 Å². The minimum absolute atomic E-state index is 0.510. The minimum atomic E-state index is 0.510. The van der Waals surface area contributed by atoms with E-state index in [4.69, 9.17) is 9.47 Å². The molecule has 0 amide bonds. The van der Waals surface area contributed by atoms with Crippen LogP contribution in [-0.2, 0) is 0 Å². The van der Waals surface area contributed by atoms with Crippen LogP contribution < -0.4 is 9.47 Å². The Morgan fingerprint density at radius 2 is 1.85 bits per heavy atom. The van der Waals surface area contributed by atoms with Gasteiger partial charge in [-0.25, -0.2) is 0 Å². The molecule has 0 bridgehead atoms. The van der Waals surface area contributed by atoms with Crippen molar-refractivity contribution in [3.05, 3.63) is 35.3 Å². The summed E-state index contributed by atoms with van der Waals surface area (Å²) >= 11 is 3.49. The van der Waals surface area contributed by atoms with E-state index < -0.39 is 0 Å². The highest BCUT2D eigenvalue weighted by Gasteiger charge is 2.03. The fourth-order valence-corrected chi connectivity index (χ4v) is 2.38. The van der Waals surface area contributed by atoms with Gasteiger partial charge in [0.25, 0.3) is 0 Å². The number of hydrogen-bond donors (Lipinski definition) is 0. The standard InChI is InChI=1S/C17H25BrO2/c1-3-5-6-7-8-9-13-19-15-10-11-17(16(18)14-15)20-12-4-2/h4,10-11,14H,2-3,5-9,12-13H2,1H3. The largest absolute Gasteiger partial charge is 0.494 e. The third-order valence-electron chi connectivity index (χ3n) is 3.03. The van der Waals surface area contributed by atoms with Crippen molar-refractivity contribution in [2.75, 3.05) is 13.2 Å². The summed E-state index contributed by atoms with van der Waals surface area (Å²) in [5.74, 6) is 1.70. The maximum Gasteiger partial charge on any atom is 0.134 e. The van der Waals surface area contributed by atoms with Crippen LogP contribution in [0.1, 0.15) is 45.4 Å². The number of benzene rings is 1. The molecular formula is C17H25BrO2. The van der Waals surface area contributed by atoms with Crippen molar-refractivity contribution in [2.45, 2.75) is 45.4 Å². The first-order valence-corrected chi connectivity index (χ1v) is 8.23. The predicted molar refractivity (Wildman–Crippen MR) is 88.7 cm³/mol. The van der Waals surface area contributed by atoms with Crippen LogP contribution in [0.4, 0.5) is 0 Å². The van der Waals surface area contributed by atoms with Gasteiger partial charge >= 0.3 is 0 Å². The van der Waals surface area contributed by atoms with Crippen LogP contribution in [0.2, 0.25) is 0 Å². The normalized spacial score (nSPS) is 10.3. The van der Waals surface area contributed by atoms with Gasteiger partial charge in [-0.2, -0.15) is 0 Å². The number of halogens is 1. The lowest BCUT2D eigenvalue weighted by atomic mass is 10.1. The Labute approximate surface area is 131 Å². The molecule has 0 N–H and O–H groups in total. The highest BCUT2D eigenvalue weighted by molar-refractivity contribution is 9.10. The van der Waals surface area contributed by atoms with Crippen LogP contribution in [0.25, 0.3) is 0 Å². The molecule has 2 nitrogen and oxygen atoms in total. The zero-order chi connectivity index (χ0) is 14.6. The second-order valence-electron chi connectivity index (χ2n) is 4.81. The lowest BCUT2D eigenvalue weighted by molar-refractivity contribution is 0.302. The molecule has 20 heavy (non-hydrogen) atoms. The van der Waals surface area contributed by atoms with Gasteiger partial charge in [0.1, 0.15) is 18.1 Å². The average Bonchev–Trinajstić information content (AvgIpc) is 2.45. The molecule has 1 aromatic rings. The van der Waals surface area contributed by atoms with Crippen LogP contribution in [0.15, 0.2) is 35.3 Å². The number of unbranched alkanes of at least 4 members (excludes halogenated alkanes) is 5. The van der Waals surface area contributed by atoms with Gasteiger partial charge in [0.05, 0.1) is 11.1 Å². The van der Waals surface area contributed by atoms with Crippen LogP contribution in [0, 0.1) is 0 Å². The van der Waals surface area contributed by atoms with Crippen molar-refractivity contribution in [1.82, 2.24) is 0 Å². The molecule has 0 saturated carbocycles. The Morgan fingerprint density at radius 1 is 1.10 bits per heavy atom. The van der Waals surface area contributed by atoms with Gasteiger partial charge in [0.2, 0.25) is 0 Å². The quantitative estimate of drug-likeness (QED) is 0.377. The second-order valence-corrected chi connectivity index (χ2v) is 5.66. The molecular weight excluding hydrogens is 316 g/mol. The predicted octanol–water partition coefficient (Wildman–Crippen LogP) is 5.75. The maximum absolute atomic E-state index is 5.75. The summed E-state index contributed by atoms with van der Waals surface area (Å²) in [6, 6.07) is 5.82. The summed E-state index contributed by atoms with van der Waals surface area (Å²) in [5, 5.41) is 0. The third kappa shape index (κ3) is 6.99. The Kier molecular flexibility index (Phi) is 9.22. The topological polar surface area (TPSA) is 18.5 Å². The molecule has 0 aliphatic heterocycles. The second kappa shape index (κ2) is 10.8. The van der Waals surface area contributed by atoms with Gasteiger partial charge in [-0.3, -0.25) is 0 Å². The van der Waals surface area contributed by atoms with Crippen LogP contribution in [0.3, 0.4) is 0 Å². The fraction of sp³-hybridized carbons (Fsp3) is 0.529. The van der Waals surface area contributed by atoms with Crippen molar-refractivity contribution in [3.63, 3.8) is 0 Å². The molecule has 0 atom stereocenters. The van der Waals surface area contributed by atoms with E-state index in [0.29, 0.717) is 6.61 Å². The molecule has 0 unspecified atom stereocenters. The number of ether oxygens (including phenoxy) is 2. The van der Waals surface area contributed by atoms with Crippen LogP contribution in [0.5, 0.6) is 11.5 Å². The highest BCUT2D eigenvalue weighted by Crippen LogP contribution is 2.29. The molecule has 0 spiro atoms. The van der Waals surface area contributed by atoms with Gasteiger partial charge in [-0.05, 0) is 40.5 Å². The SMILES string of the molecule is C=CCOc1ccc(OCCCCCCCC)cc1Br. The molecule has 0 aliphatic rings. The summed E-state index contributed by atoms with van der Waals surface area (Å²) in [7, 11) is 0. The molecule has 0 radical (unpaired) electrons. The van der Waals surface area contributed by atoms with Crippen LogP contribution >= 0.6 is 15.9 Å². The van der Waals surface area contributed by atoms with Crippen molar-refractivity contribution in [2.24, 2.45) is 0 Å². The minimum Gasteiger partial charge on any atom is -0.494 e. The first kappa shape index (κ1) is 17.1. The van der Waals surface area contributed by atoms with Gasteiger partial charge in [0, 0.05) is 0 Å². The van der Waals surface area contributed by atoms with E-state index in [-0.39, 0.29) is 0 Å². The van der Waals surface area contributed by atoms with Gasteiger partial charge < -0.3 is 9.47 Å². The molecule has 3 heteroatoms. The molecule has 0 heterocycles. The van der Waals surface area contributed by atoms with E-state index in [0.717, 1.165) is 29.0 Å². The molecule has 0 aliphatic carbocycles. The lowest BCUT2D eigenvalue weighted by Gasteiger charge is -2.09. The average molecular weight is 341 g/mol. The van der Waals surface area contributed by atoms with Gasteiger partial charge in [-0.15, -0.1) is 0 Å². The van der Waals surface area contributed by atoms with Crippen molar-refractivity contribution in [1.29, 1.82) is 0 Å². The summed E-state index contributed by atoms with van der Waals surface area (Å²) in [6.45, 7) is 7.17. The molecule has 1 rings (SSSR count). The summed E-state index contributed by atoms with van der Waals surface area (Å²) < 4.78 is 12.2. The smallest absolute Gasteiger partial charge is 0.134 e. The summed E-state index contributed by atoms with van der Waals surface area (Å²) in [6.07, 6.45) is 9.41. The Hall–Kier alpha value is -0.960. The van der Waals surface area contributed by atoms with Crippen molar-refractivity contribution < 1.29 is 9.47 Å². The Morgan fingerprint density at radius 3 is 2.55 bits per heavy atom.